The molecule has 0 aliphatic carbocycles. The summed E-state index contributed by atoms with van der Waals surface area (Å²) in [4.78, 5) is 25.7. The van der Waals surface area contributed by atoms with Crippen LogP contribution in [-0.2, 0) is 4.79 Å². The lowest BCUT2D eigenvalue weighted by Crippen LogP contribution is -2.28. The lowest BCUT2D eigenvalue weighted by molar-refractivity contribution is -0.121. The third-order valence-corrected chi connectivity index (χ3v) is 7.46. The Morgan fingerprint density at radius 1 is 1.00 bits per heavy atom. The van der Waals surface area contributed by atoms with Crippen molar-refractivity contribution in [1.29, 1.82) is 0 Å². The predicted octanol–water partition coefficient (Wildman–Crippen LogP) is 6.58. The maximum atomic E-state index is 14.5. The monoisotopic (exact) mass is 562 g/mol. The molecule has 0 N–H and O–H groups in total. The van der Waals surface area contributed by atoms with Gasteiger partial charge < -0.3 is 4.74 Å². The van der Waals surface area contributed by atoms with Crippen LogP contribution in [0.25, 0.3) is 0 Å². The smallest absolute Gasteiger partial charge is 0.281 e. The highest BCUT2D eigenvalue weighted by atomic mass is 32.2. The predicted molar refractivity (Wildman–Crippen MR) is 140 cm³/mol. The number of halogens is 4. The largest absolute Gasteiger partial charge is 0.485 e. The maximum absolute atomic E-state index is 14.5. The second-order valence-electron chi connectivity index (χ2n) is 8.24. The van der Waals surface area contributed by atoms with E-state index in [1.54, 1.807) is 36.0 Å². The molecule has 5 nitrogen and oxygen atoms in total. The number of ketones is 1. The Bertz CT molecular complexity index is 1350. The number of amides is 1. The summed E-state index contributed by atoms with van der Waals surface area (Å²) in [5.74, 6) is -4.49. The fourth-order valence-corrected chi connectivity index (χ4v) is 5.33. The lowest BCUT2D eigenvalue weighted by Gasteiger charge is -2.23. The molecule has 1 aliphatic heterocycles. The summed E-state index contributed by atoms with van der Waals surface area (Å²) in [5, 5.41) is 4.52. The molecule has 1 aliphatic rings. The first-order chi connectivity index (χ1) is 18.3. The van der Waals surface area contributed by atoms with Gasteiger partial charge in [0.05, 0.1) is 0 Å². The minimum absolute atomic E-state index is 0.0976. The number of hydrazone groups is 1. The van der Waals surface area contributed by atoms with Gasteiger partial charge in [-0.2, -0.15) is 16.9 Å². The number of carbonyl (C=O) groups is 2. The van der Waals surface area contributed by atoms with Crippen LogP contribution in [0.3, 0.4) is 0 Å². The average Bonchev–Trinajstić information content (AvgIpc) is 3.33. The van der Waals surface area contributed by atoms with Gasteiger partial charge in [0.1, 0.15) is 51.6 Å². The van der Waals surface area contributed by atoms with Crippen molar-refractivity contribution in [3.05, 3.63) is 101 Å². The van der Waals surface area contributed by atoms with E-state index in [-0.39, 0.29) is 23.2 Å². The van der Waals surface area contributed by atoms with E-state index in [1.165, 1.54) is 24.3 Å². The number of thioether (sulfide) groups is 2. The van der Waals surface area contributed by atoms with Crippen LogP contribution in [0.5, 0.6) is 5.75 Å². The fourth-order valence-electron chi connectivity index (χ4n) is 3.72. The molecule has 11 heteroatoms. The highest BCUT2D eigenvalue weighted by molar-refractivity contribution is 8.14. The van der Waals surface area contributed by atoms with Gasteiger partial charge in [-0.05, 0) is 48.8 Å². The van der Waals surface area contributed by atoms with E-state index in [2.05, 4.69) is 5.10 Å². The normalized spacial score (nSPS) is 14.9. The Balaban J connectivity index is 1.68. The van der Waals surface area contributed by atoms with Crippen molar-refractivity contribution in [3.63, 3.8) is 0 Å². The Hall–Kier alpha value is -3.31. The number of para-hydroxylation sites is 1. The van der Waals surface area contributed by atoms with Crippen molar-refractivity contribution in [3.8, 4) is 5.75 Å². The van der Waals surface area contributed by atoms with E-state index in [4.69, 9.17) is 4.74 Å². The summed E-state index contributed by atoms with van der Waals surface area (Å²) in [6, 6.07) is 12.8. The van der Waals surface area contributed by atoms with Gasteiger partial charge in [0.2, 0.25) is 0 Å². The standard InChI is InChI=1S/C27H22F4N2O3S2/c1-37-12-4-5-19(34)15-36-23-7-3-2-6-20(23)27-33(26(35)24-21(30)13-18(29)14-22(24)31)32-25(38-27)16-8-10-17(28)11-9-16/h2-3,6-11,13-14,27H,4-5,12,15H2,1H3. The van der Waals surface area contributed by atoms with Crippen LogP contribution in [0.2, 0.25) is 0 Å². The van der Waals surface area contributed by atoms with Crippen LogP contribution >= 0.6 is 23.5 Å². The van der Waals surface area contributed by atoms with Crippen molar-refractivity contribution in [2.75, 3.05) is 18.6 Å². The van der Waals surface area contributed by atoms with Crippen LogP contribution in [0.4, 0.5) is 17.6 Å². The van der Waals surface area contributed by atoms with Gasteiger partial charge in [-0.3, -0.25) is 9.59 Å². The summed E-state index contributed by atoms with van der Waals surface area (Å²) < 4.78 is 61.9. The minimum Gasteiger partial charge on any atom is -0.485 e. The quantitative estimate of drug-likeness (QED) is 0.206. The highest BCUT2D eigenvalue weighted by Crippen LogP contribution is 2.45. The number of hydrogen-bond donors (Lipinski definition) is 0. The molecule has 0 bridgehead atoms. The van der Waals surface area contributed by atoms with Gasteiger partial charge in [-0.25, -0.2) is 22.6 Å². The minimum atomic E-state index is -1.37. The highest BCUT2D eigenvalue weighted by Gasteiger charge is 2.38. The number of benzene rings is 3. The molecule has 0 radical (unpaired) electrons. The van der Waals surface area contributed by atoms with Gasteiger partial charge in [0.15, 0.2) is 5.78 Å². The number of carbonyl (C=O) groups excluding carboxylic acids is 2. The van der Waals surface area contributed by atoms with Crippen molar-refractivity contribution in [2.45, 2.75) is 18.2 Å². The topological polar surface area (TPSA) is 59.0 Å². The third-order valence-electron chi connectivity index (χ3n) is 5.54. The Morgan fingerprint density at radius 2 is 1.68 bits per heavy atom. The molecule has 3 aromatic carbocycles. The number of rotatable bonds is 10. The van der Waals surface area contributed by atoms with Crippen molar-refractivity contribution >= 4 is 40.3 Å². The molecule has 0 saturated heterocycles. The molecule has 4 rings (SSSR count). The SMILES string of the molecule is CSCCCC(=O)COc1ccccc1C1SC(c2ccc(F)cc2)=NN1C(=O)c1c(F)cc(F)cc1F. The van der Waals surface area contributed by atoms with E-state index in [0.717, 1.165) is 28.9 Å². The van der Waals surface area contributed by atoms with Gasteiger partial charge in [-0.1, -0.05) is 30.0 Å². The Kier molecular flexibility index (Phi) is 9.11. The number of hydrogen-bond acceptors (Lipinski definition) is 6. The van der Waals surface area contributed by atoms with Gasteiger partial charge >= 0.3 is 0 Å². The fraction of sp³-hybridized carbons (Fsp3) is 0.222. The molecule has 0 spiro atoms. The van der Waals surface area contributed by atoms with Crippen LogP contribution in [0.15, 0.2) is 65.8 Å². The van der Waals surface area contributed by atoms with Crippen molar-refractivity contribution in [2.24, 2.45) is 5.10 Å². The summed E-state index contributed by atoms with van der Waals surface area (Å²) in [6.07, 6.45) is 3.03. The van der Waals surface area contributed by atoms with Crippen molar-refractivity contribution < 1.29 is 31.9 Å². The second-order valence-corrected chi connectivity index (χ2v) is 10.3. The van der Waals surface area contributed by atoms with Crippen LogP contribution < -0.4 is 4.74 Å². The molecular weight excluding hydrogens is 540 g/mol. The molecule has 0 aromatic heterocycles. The third kappa shape index (κ3) is 6.39. The zero-order valence-corrected chi connectivity index (χ0v) is 21.8. The first-order valence-electron chi connectivity index (χ1n) is 11.5. The molecule has 1 unspecified atom stereocenters. The second kappa shape index (κ2) is 12.5. The first kappa shape index (κ1) is 27.7. The molecule has 1 atom stereocenters. The summed E-state index contributed by atoms with van der Waals surface area (Å²) in [5.41, 5.74) is -0.0749. The zero-order chi connectivity index (χ0) is 27.2. The summed E-state index contributed by atoms with van der Waals surface area (Å²) in [7, 11) is 0. The molecular formula is C27H22F4N2O3S2. The number of ether oxygens (including phenoxy) is 1. The molecule has 198 valence electrons. The Labute approximate surface area is 225 Å². The maximum Gasteiger partial charge on any atom is 0.281 e. The van der Waals surface area contributed by atoms with E-state index < -0.39 is 40.1 Å². The Morgan fingerprint density at radius 3 is 2.37 bits per heavy atom. The van der Waals surface area contributed by atoms with Crippen LogP contribution in [0, 0.1) is 23.3 Å². The lowest BCUT2D eigenvalue weighted by atomic mass is 10.1. The molecule has 3 aromatic rings. The zero-order valence-electron chi connectivity index (χ0n) is 20.1. The van der Waals surface area contributed by atoms with Gasteiger partial charge in [-0.15, -0.1) is 0 Å². The van der Waals surface area contributed by atoms with E-state index in [0.29, 0.717) is 29.7 Å². The van der Waals surface area contributed by atoms with Gasteiger partial charge in [0.25, 0.3) is 5.91 Å². The molecule has 0 fully saturated rings. The van der Waals surface area contributed by atoms with E-state index in [1.807, 2.05) is 6.26 Å². The molecule has 38 heavy (non-hydrogen) atoms. The van der Waals surface area contributed by atoms with Crippen molar-refractivity contribution in [1.82, 2.24) is 5.01 Å². The summed E-state index contributed by atoms with van der Waals surface area (Å²) >= 11 is 2.72. The number of Topliss-reactive ketones (excluding diaryl/α,β-unsaturated/α-hetero) is 1. The number of nitrogens with zero attached hydrogens (tertiary/aromatic N) is 2. The summed E-state index contributed by atoms with van der Waals surface area (Å²) in [6.45, 7) is -0.191. The van der Waals surface area contributed by atoms with Crippen LogP contribution in [-0.4, -0.2) is 40.4 Å². The molecule has 1 amide bonds. The van der Waals surface area contributed by atoms with Crippen LogP contribution in [0.1, 0.15) is 39.7 Å². The van der Waals surface area contributed by atoms with Gasteiger partial charge in [0, 0.05) is 29.7 Å². The van der Waals surface area contributed by atoms with E-state index >= 15 is 0 Å². The molecule has 0 saturated carbocycles. The molecule has 1 heterocycles. The average molecular weight is 563 g/mol. The first-order valence-corrected chi connectivity index (χ1v) is 13.8. The van der Waals surface area contributed by atoms with E-state index in [9.17, 15) is 27.2 Å².